The molecule has 1 atom stereocenters. The van der Waals surface area contributed by atoms with Crippen molar-refractivity contribution in [3.05, 3.63) is 71.7 Å². The van der Waals surface area contributed by atoms with E-state index in [2.05, 4.69) is 0 Å². The van der Waals surface area contributed by atoms with Gasteiger partial charge in [-0.3, -0.25) is 4.79 Å². The molecule has 1 saturated heterocycles. The first-order chi connectivity index (χ1) is 11.7. The Morgan fingerprint density at radius 1 is 1.17 bits per heavy atom. The average Bonchev–Trinajstić information content (AvgIpc) is 3.02. The van der Waals surface area contributed by atoms with Crippen LogP contribution in [0.5, 0.6) is 0 Å². The van der Waals surface area contributed by atoms with E-state index in [4.69, 9.17) is 4.42 Å². The molecule has 3 nitrogen and oxygen atoms in total. The van der Waals surface area contributed by atoms with Crippen molar-refractivity contribution >= 4 is 28.6 Å². The maximum atomic E-state index is 14.0. The highest BCUT2D eigenvalue weighted by Gasteiger charge is 2.32. The first-order valence-corrected chi connectivity index (χ1v) is 8.90. The number of carbonyl (C=O) groups is 1. The monoisotopic (exact) mass is 341 g/mol. The molecule has 0 saturated carbocycles. The van der Waals surface area contributed by atoms with Crippen LogP contribution in [-0.2, 0) is 11.3 Å². The van der Waals surface area contributed by atoms with E-state index in [0.29, 0.717) is 12.0 Å². The molecule has 0 bridgehead atoms. The Bertz CT molecular complexity index is 859. The molecule has 1 aliphatic rings. The van der Waals surface area contributed by atoms with Gasteiger partial charge in [-0.2, -0.15) is 0 Å². The number of thioether (sulfide) groups is 1. The van der Waals surface area contributed by atoms with Crippen LogP contribution in [-0.4, -0.2) is 16.6 Å². The Labute approximate surface area is 143 Å². The van der Waals surface area contributed by atoms with Crippen LogP contribution in [0.15, 0.2) is 59.0 Å². The molecule has 1 fully saturated rings. The van der Waals surface area contributed by atoms with E-state index in [9.17, 15) is 9.18 Å². The zero-order chi connectivity index (χ0) is 16.5. The molecule has 0 radical (unpaired) electrons. The summed E-state index contributed by atoms with van der Waals surface area (Å²) in [6.45, 7) is 0.250. The number of fused-ring (bicyclic) bond motifs is 1. The van der Waals surface area contributed by atoms with Gasteiger partial charge < -0.3 is 9.32 Å². The Morgan fingerprint density at radius 3 is 2.79 bits per heavy atom. The summed E-state index contributed by atoms with van der Waals surface area (Å²) in [5.74, 6) is 1.23. The van der Waals surface area contributed by atoms with E-state index in [0.717, 1.165) is 22.5 Å². The third-order valence-corrected chi connectivity index (χ3v) is 5.42. The highest BCUT2D eigenvalue weighted by atomic mass is 32.2. The summed E-state index contributed by atoms with van der Waals surface area (Å²) in [6, 6.07) is 16.3. The lowest BCUT2D eigenvalue weighted by Crippen LogP contribution is -2.36. The lowest BCUT2D eigenvalue weighted by atomic mass is 10.2. The second kappa shape index (κ2) is 6.32. The summed E-state index contributed by atoms with van der Waals surface area (Å²) in [4.78, 5) is 14.2. The number of carbonyl (C=O) groups excluding carboxylic acids is 1. The Morgan fingerprint density at radius 2 is 1.96 bits per heavy atom. The van der Waals surface area contributed by atoms with Crippen molar-refractivity contribution < 1.29 is 13.6 Å². The van der Waals surface area contributed by atoms with E-state index in [1.807, 2.05) is 30.3 Å². The van der Waals surface area contributed by atoms with Gasteiger partial charge in [0.15, 0.2) is 0 Å². The van der Waals surface area contributed by atoms with E-state index in [1.165, 1.54) is 6.07 Å². The largest absolute Gasteiger partial charge is 0.458 e. The van der Waals surface area contributed by atoms with Gasteiger partial charge in [-0.1, -0.05) is 36.4 Å². The molecule has 0 N–H and O–H groups in total. The van der Waals surface area contributed by atoms with Crippen LogP contribution in [0.4, 0.5) is 4.39 Å². The number of halogens is 1. The van der Waals surface area contributed by atoms with E-state index in [-0.39, 0.29) is 23.6 Å². The molecule has 0 aliphatic carbocycles. The van der Waals surface area contributed by atoms with E-state index < -0.39 is 0 Å². The number of rotatable bonds is 3. The fraction of sp³-hybridized carbons (Fsp3) is 0.211. The van der Waals surface area contributed by atoms with Crippen LogP contribution < -0.4 is 0 Å². The quantitative estimate of drug-likeness (QED) is 0.690. The fourth-order valence-electron chi connectivity index (χ4n) is 2.96. The molecule has 5 heteroatoms. The lowest BCUT2D eigenvalue weighted by molar-refractivity contribution is -0.133. The van der Waals surface area contributed by atoms with Crippen molar-refractivity contribution in [1.82, 2.24) is 4.90 Å². The minimum atomic E-state index is -0.288. The third-order valence-electron chi connectivity index (χ3n) is 4.18. The van der Waals surface area contributed by atoms with Gasteiger partial charge in [0, 0.05) is 23.1 Å². The topological polar surface area (TPSA) is 33.5 Å². The third kappa shape index (κ3) is 2.80. The summed E-state index contributed by atoms with van der Waals surface area (Å²) in [5, 5.41) is 0.787. The van der Waals surface area contributed by atoms with Gasteiger partial charge in [-0.15, -0.1) is 11.8 Å². The second-order valence-corrected chi connectivity index (χ2v) is 6.96. The van der Waals surface area contributed by atoms with Crippen molar-refractivity contribution in [2.24, 2.45) is 0 Å². The number of para-hydroxylation sites is 1. The molecule has 1 aromatic heterocycles. The molecular weight excluding hydrogens is 325 g/mol. The van der Waals surface area contributed by atoms with Crippen molar-refractivity contribution in [3.63, 3.8) is 0 Å². The molecule has 1 unspecified atom stereocenters. The van der Waals surface area contributed by atoms with Gasteiger partial charge in [0.05, 0.1) is 6.54 Å². The number of nitrogens with zero attached hydrogens (tertiary/aromatic N) is 1. The number of benzene rings is 2. The Hall–Kier alpha value is -2.27. The zero-order valence-electron chi connectivity index (χ0n) is 12.9. The summed E-state index contributed by atoms with van der Waals surface area (Å²) < 4.78 is 19.9. The first kappa shape index (κ1) is 15.3. The maximum absolute atomic E-state index is 14.0. The smallest absolute Gasteiger partial charge is 0.224 e. The predicted octanol–water partition coefficient (Wildman–Crippen LogP) is 4.74. The van der Waals surface area contributed by atoms with Crippen LogP contribution in [0.3, 0.4) is 0 Å². The molecule has 0 spiro atoms. The van der Waals surface area contributed by atoms with Gasteiger partial charge in [-0.25, -0.2) is 4.39 Å². The van der Waals surface area contributed by atoms with Crippen LogP contribution in [0.25, 0.3) is 11.0 Å². The maximum Gasteiger partial charge on any atom is 0.224 e. The fourth-order valence-corrected chi connectivity index (χ4v) is 4.13. The standard InChI is InChI=1S/C19H16FNO2S/c20-15-7-3-1-6-14(15)12-21-18(22)9-10-24-19(21)17-11-13-5-2-4-8-16(13)23-17/h1-8,11,19H,9-10,12H2. The van der Waals surface area contributed by atoms with Gasteiger partial charge in [0.25, 0.3) is 0 Å². The number of furan rings is 1. The van der Waals surface area contributed by atoms with Gasteiger partial charge in [0.1, 0.15) is 22.5 Å². The van der Waals surface area contributed by atoms with Crippen molar-refractivity contribution in [2.75, 3.05) is 5.75 Å². The summed E-state index contributed by atoms with van der Waals surface area (Å²) in [7, 11) is 0. The number of hydrogen-bond acceptors (Lipinski definition) is 3. The molecule has 1 amide bonds. The normalized spacial score (nSPS) is 18.3. The van der Waals surface area contributed by atoms with Crippen molar-refractivity contribution in [1.29, 1.82) is 0 Å². The van der Waals surface area contributed by atoms with Crippen LogP contribution in [0, 0.1) is 5.82 Å². The van der Waals surface area contributed by atoms with Crippen LogP contribution in [0.2, 0.25) is 0 Å². The molecule has 4 rings (SSSR count). The lowest BCUT2D eigenvalue weighted by Gasteiger charge is -2.34. The molecule has 122 valence electrons. The summed E-state index contributed by atoms with van der Waals surface area (Å²) in [5.41, 5.74) is 1.33. The van der Waals surface area contributed by atoms with E-state index in [1.54, 1.807) is 34.9 Å². The number of hydrogen-bond donors (Lipinski definition) is 0. The SMILES string of the molecule is O=C1CCSC(c2cc3ccccc3o2)N1Cc1ccccc1F. The molecule has 24 heavy (non-hydrogen) atoms. The molecule has 2 heterocycles. The van der Waals surface area contributed by atoms with Crippen molar-refractivity contribution in [2.45, 2.75) is 18.3 Å². The highest BCUT2D eigenvalue weighted by Crippen LogP contribution is 2.40. The second-order valence-electron chi connectivity index (χ2n) is 5.77. The minimum Gasteiger partial charge on any atom is -0.458 e. The minimum absolute atomic E-state index is 0.0301. The summed E-state index contributed by atoms with van der Waals surface area (Å²) >= 11 is 1.66. The van der Waals surface area contributed by atoms with Gasteiger partial charge in [0.2, 0.25) is 5.91 Å². The molecule has 2 aromatic carbocycles. The van der Waals surface area contributed by atoms with Gasteiger partial charge >= 0.3 is 0 Å². The average molecular weight is 341 g/mol. The predicted molar refractivity (Wildman–Crippen MR) is 93.0 cm³/mol. The Balaban J connectivity index is 1.69. The van der Waals surface area contributed by atoms with Crippen molar-refractivity contribution in [3.8, 4) is 0 Å². The molecular formula is C19H16FNO2S. The molecule has 3 aromatic rings. The van der Waals surface area contributed by atoms with Crippen LogP contribution >= 0.6 is 11.8 Å². The summed E-state index contributed by atoms with van der Waals surface area (Å²) in [6.07, 6.45) is 0.468. The highest BCUT2D eigenvalue weighted by molar-refractivity contribution is 7.99. The number of amides is 1. The van der Waals surface area contributed by atoms with Gasteiger partial charge in [-0.05, 0) is 18.2 Å². The zero-order valence-corrected chi connectivity index (χ0v) is 13.8. The van der Waals surface area contributed by atoms with E-state index >= 15 is 0 Å². The Kier molecular flexibility index (Phi) is 4.02. The molecule has 1 aliphatic heterocycles. The first-order valence-electron chi connectivity index (χ1n) is 7.85. The van der Waals surface area contributed by atoms with Crippen LogP contribution in [0.1, 0.15) is 23.1 Å².